The minimum absolute atomic E-state index is 0. The van der Waals surface area contributed by atoms with Gasteiger partial charge >= 0.3 is 0 Å². The number of hydrogen-bond donors (Lipinski definition) is 2. The van der Waals surface area contributed by atoms with E-state index in [-0.39, 0.29) is 30.6 Å². The maximum Gasteiger partial charge on any atom is 0.273 e. The van der Waals surface area contributed by atoms with Crippen molar-refractivity contribution in [3.05, 3.63) is 34.4 Å². The van der Waals surface area contributed by atoms with E-state index < -0.39 is 4.92 Å². The molecule has 0 bridgehead atoms. The van der Waals surface area contributed by atoms with Crippen LogP contribution in [0.3, 0.4) is 0 Å². The van der Waals surface area contributed by atoms with E-state index in [1.54, 1.807) is 6.07 Å². The zero-order valence-corrected chi connectivity index (χ0v) is 11.9. The molecule has 20 heavy (non-hydrogen) atoms. The van der Waals surface area contributed by atoms with Gasteiger partial charge in [0.2, 0.25) is 0 Å². The Bertz CT molecular complexity index is 442. The summed E-state index contributed by atoms with van der Waals surface area (Å²) in [6, 6.07) is 5.73. The Labute approximate surface area is 123 Å². The fraction of sp³-hybridized carbons (Fsp3) is 0.417. The molecule has 8 heteroatoms. The highest BCUT2D eigenvalue weighted by Gasteiger charge is 2.07. The second kappa shape index (κ2) is 9.99. The first-order chi connectivity index (χ1) is 9.13. The average Bonchev–Trinajstić information content (AvgIpc) is 2.41. The van der Waals surface area contributed by atoms with Crippen molar-refractivity contribution in [2.45, 2.75) is 6.92 Å². The summed E-state index contributed by atoms with van der Waals surface area (Å²) in [7, 11) is 0. The molecule has 0 fully saturated rings. The monoisotopic (exact) mass is 303 g/mol. The van der Waals surface area contributed by atoms with Crippen molar-refractivity contribution in [2.75, 3.05) is 26.2 Å². The molecule has 0 aliphatic rings. The first kappa shape index (κ1) is 18.1. The van der Waals surface area contributed by atoms with Crippen LogP contribution in [0.15, 0.2) is 24.3 Å². The van der Waals surface area contributed by atoms with Crippen molar-refractivity contribution in [2.24, 2.45) is 0 Å². The lowest BCUT2D eigenvalue weighted by molar-refractivity contribution is -0.384. The Hall–Kier alpha value is -1.86. The van der Waals surface area contributed by atoms with Crippen LogP contribution in [0.1, 0.15) is 6.92 Å². The number of likely N-dealkylation sites (N-methyl/N-ethyl adjacent to an activating group) is 1. The number of non-ortho nitro benzene ring substituents is 1. The van der Waals surface area contributed by atoms with Crippen LogP contribution in [-0.2, 0) is 4.79 Å². The summed E-state index contributed by atoms with van der Waals surface area (Å²) in [6.45, 7) is 3.88. The number of hydrogen-bond acceptors (Lipinski definition) is 5. The maximum atomic E-state index is 11.4. The number of rotatable bonds is 8. The molecule has 0 heterocycles. The lowest BCUT2D eigenvalue weighted by atomic mass is 10.3. The number of carbonyl (C=O) groups excluding carboxylic acids is 1. The van der Waals surface area contributed by atoms with Crippen LogP contribution < -0.4 is 15.4 Å². The first-order valence-electron chi connectivity index (χ1n) is 5.98. The van der Waals surface area contributed by atoms with Crippen LogP contribution >= 0.6 is 12.4 Å². The third-order valence-corrected chi connectivity index (χ3v) is 2.27. The van der Waals surface area contributed by atoms with E-state index in [0.717, 1.165) is 6.54 Å². The third kappa shape index (κ3) is 6.91. The second-order valence-electron chi connectivity index (χ2n) is 3.75. The van der Waals surface area contributed by atoms with Gasteiger partial charge < -0.3 is 15.4 Å². The van der Waals surface area contributed by atoms with Crippen LogP contribution in [0.4, 0.5) is 5.69 Å². The second-order valence-corrected chi connectivity index (χ2v) is 3.75. The van der Waals surface area contributed by atoms with Crippen LogP contribution in [0.25, 0.3) is 0 Å². The van der Waals surface area contributed by atoms with E-state index in [2.05, 4.69) is 10.6 Å². The van der Waals surface area contributed by atoms with E-state index in [1.165, 1.54) is 18.2 Å². The summed E-state index contributed by atoms with van der Waals surface area (Å²) >= 11 is 0. The first-order valence-corrected chi connectivity index (χ1v) is 5.98. The Morgan fingerprint density at radius 1 is 1.40 bits per heavy atom. The fourth-order valence-corrected chi connectivity index (χ4v) is 1.35. The molecule has 1 aromatic rings. The summed E-state index contributed by atoms with van der Waals surface area (Å²) in [4.78, 5) is 21.4. The van der Waals surface area contributed by atoms with Crippen LogP contribution in [0.5, 0.6) is 5.75 Å². The molecule has 7 nitrogen and oxygen atoms in total. The molecule has 0 aliphatic carbocycles. The van der Waals surface area contributed by atoms with Gasteiger partial charge in [-0.15, -0.1) is 12.4 Å². The lowest BCUT2D eigenvalue weighted by Crippen LogP contribution is -2.34. The molecular formula is C12H18ClN3O4. The van der Waals surface area contributed by atoms with Gasteiger partial charge in [-0.25, -0.2) is 0 Å². The lowest BCUT2D eigenvalue weighted by Gasteiger charge is -2.07. The van der Waals surface area contributed by atoms with Crippen molar-refractivity contribution in [1.82, 2.24) is 10.6 Å². The molecule has 2 N–H and O–H groups in total. The molecule has 0 radical (unpaired) electrons. The predicted octanol–water partition coefficient (Wildman–Crippen LogP) is 1.12. The molecule has 0 saturated carbocycles. The van der Waals surface area contributed by atoms with Crippen LogP contribution in [-0.4, -0.2) is 37.1 Å². The molecule has 0 saturated heterocycles. The highest BCUT2D eigenvalue weighted by molar-refractivity contribution is 5.85. The molecule has 0 unspecified atom stereocenters. The van der Waals surface area contributed by atoms with Gasteiger partial charge in [-0.1, -0.05) is 13.0 Å². The summed E-state index contributed by atoms with van der Waals surface area (Å²) in [6.07, 6.45) is 0. The van der Waals surface area contributed by atoms with Gasteiger partial charge in [-0.05, 0) is 12.6 Å². The van der Waals surface area contributed by atoms with Crippen molar-refractivity contribution >= 4 is 24.0 Å². The molecule has 0 atom stereocenters. The number of benzene rings is 1. The van der Waals surface area contributed by atoms with Gasteiger partial charge in [-0.2, -0.15) is 0 Å². The summed E-state index contributed by atoms with van der Waals surface area (Å²) in [5, 5.41) is 16.3. The molecular weight excluding hydrogens is 286 g/mol. The van der Waals surface area contributed by atoms with Crippen molar-refractivity contribution in [3.8, 4) is 5.75 Å². The van der Waals surface area contributed by atoms with E-state index in [9.17, 15) is 14.9 Å². The summed E-state index contributed by atoms with van der Waals surface area (Å²) < 4.78 is 5.18. The Morgan fingerprint density at radius 3 is 2.80 bits per heavy atom. The number of nitrogens with zero attached hydrogens (tertiary/aromatic N) is 1. The maximum absolute atomic E-state index is 11.4. The van der Waals surface area contributed by atoms with E-state index in [4.69, 9.17) is 4.74 Å². The SMILES string of the molecule is CCNCCNC(=O)COc1cccc([N+](=O)[O-])c1.Cl. The molecule has 0 spiro atoms. The van der Waals surface area contributed by atoms with E-state index >= 15 is 0 Å². The number of nitrogens with one attached hydrogen (secondary N) is 2. The Kier molecular flexibility index (Phi) is 9.06. The number of nitro benzene ring substituents is 1. The minimum Gasteiger partial charge on any atom is -0.484 e. The average molecular weight is 304 g/mol. The van der Waals surface area contributed by atoms with Crippen molar-refractivity contribution in [3.63, 3.8) is 0 Å². The molecule has 0 aliphatic heterocycles. The van der Waals surface area contributed by atoms with Gasteiger partial charge in [0.1, 0.15) is 5.75 Å². The van der Waals surface area contributed by atoms with Gasteiger partial charge in [-0.3, -0.25) is 14.9 Å². The quantitative estimate of drug-likeness (QED) is 0.426. The van der Waals surface area contributed by atoms with Gasteiger partial charge in [0.15, 0.2) is 6.61 Å². The number of nitro groups is 1. The summed E-state index contributed by atoms with van der Waals surface area (Å²) in [5.41, 5.74) is -0.0648. The molecule has 1 aromatic carbocycles. The van der Waals surface area contributed by atoms with E-state index in [0.29, 0.717) is 18.8 Å². The molecule has 0 aromatic heterocycles. The highest BCUT2D eigenvalue weighted by Crippen LogP contribution is 2.18. The third-order valence-electron chi connectivity index (χ3n) is 2.27. The van der Waals surface area contributed by atoms with Crippen molar-refractivity contribution < 1.29 is 14.5 Å². The van der Waals surface area contributed by atoms with Crippen LogP contribution in [0, 0.1) is 10.1 Å². The van der Waals surface area contributed by atoms with E-state index in [1.807, 2.05) is 6.92 Å². The van der Waals surface area contributed by atoms with Gasteiger partial charge in [0.05, 0.1) is 11.0 Å². The molecule has 112 valence electrons. The number of ether oxygens (including phenoxy) is 1. The molecule has 1 rings (SSSR count). The Balaban J connectivity index is 0.00000361. The topological polar surface area (TPSA) is 93.5 Å². The highest BCUT2D eigenvalue weighted by atomic mass is 35.5. The number of halogens is 1. The van der Waals surface area contributed by atoms with Crippen LogP contribution in [0.2, 0.25) is 0 Å². The minimum atomic E-state index is -0.511. The summed E-state index contributed by atoms with van der Waals surface area (Å²) in [5.74, 6) is 0.0421. The zero-order chi connectivity index (χ0) is 14.1. The standard InChI is InChI=1S/C12H17N3O4.ClH/c1-2-13-6-7-14-12(16)9-19-11-5-3-4-10(8-11)15(17)18;/h3-5,8,13H,2,6-7,9H2,1H3,(H,14,16);1H. The molecule has 1 amide bonds. The van der Waals surface area contributed by atoms with Gasteiger partial charge in [0.25, 0.3) is 11.6 Å². The number of amides is 1. The fourth-order valence-electron chi connectivity index (χ4n) is 1.35. The number of carbonyl (C=O) groups is 1. The normalized spacial score (nSPS) is 9.45. The predicted molar refractivity (Wildman–Crippen MR) is 77.4 cm³/mol. The smallest absolute Gasteiger partial charge is 0.273 e. The zero-order valence-electron chi connectivity index (χ0n) is 11.1. The Morgan fingerprint density at radius 2 is 2.15 bits per heavy atom. The van der Waals surface area contributed by atoms with Crippen molar-refractivity contribution in [1.29, 1.82) is 0 Å². The largest absolute Gasteiger partial charge is 0.484 e. The van der Waals surface area contributed by atoms with Gasteiger partial charge in [0, 0.05) is 19.2 Å².